The van der Waals surface area contributed by atoms with Gasteiger partial charge in [0.05, 0.1) is 12.6 Å². The molecule has 4 heteroatoms. The van der Waals surface area contributed by atoms with Crippen molar-refractivity contribution in [2.75, 3.05) is 20.2 Å². The molecule has 6 rings (SSSR count). The maximum atomic E-state index is 14.0. The third kappa shape index (κ3) is 5.04. The van der Waals surface area contributed by atoms with Crippen LogP contribution in [0.2, 0.25) is 0 Å². The van der Waals surface area contributed by atoms with E-state index < -0.39 is 0 Å². The number of ether oxygens (including phenoxy) is 1. The van der Waals surface area contributed by atoms with Crippen LogP contribution in [0.3, 0.4) is 0 Å². The van der Waals surface area contributed by atoms with E-state index in [2.05, 4.69) is 48.2 Å². The smallest absolute Gasteiger partial charge is 0.235 e. The minimum Gasteiger partial charge on any atom is -0.497 e. The molecule has 0 amide bonds. The highest BCUT2D eigenvalue weighted by Gasteiger charge is 2.31. The van der Waals surface area contributed by atoms with Gasteiger partial charge in [0.25, 0.3) is 0 Å². The van der Waals surface area contributed by atoms with Crippen molar-refractivity contribution in [3.05, 3.63) is 64.8 Å². The molecule has 2 aromatic carbocycles. The standard InChI is InChI=1S/C34H44N2O2/c1-24-31(17-19-35-18-9-8-14-29(35)20-25-10-4-3-5-11-25)32-23-30(38-2)15-16-33(32)36(24)34(37)28-21-26-12-6-7-13-27(26)22-28/h6-7,12-13,15-16,23,25,28-29H,3-5,8-11,14,17-22H2,1-2H3. The van der Waals surface area contributed by atoms with E-state index in [0.29, 0.717) is 0 Å². The third-order valence-electron chi connectivity index (χ3n) is 9.89. The van der Waals surface area contributed by atoms with Gasteiger partial charge in [-0.3, -0.25) is 9.36 Å². The van der Waals surface area contributed by atoms with E-state index in [1.807, 2.05) is 10.6 Å². The molecule has 1 unspecified atom stereocenters. The Morgan fingerprint density at radius 1 is 0.947 bits per heavy atom. The largest absolute Gasteiger partial charge is 0.497 e. The average molecular weight is 513 g/mol. The van der Waals surface area contributed by atoms with Crippen LogP contribution in [0.15, 0.2) is 42.5 Å². The second-order valence-corrected chi connectivity index (χ2v) is 12.2. The van der Waals surface area contributed by atoms with Gasteiger partial charge in [0, 0.05) is 29.6 Å². The lowest BCUT2D eigenvalue weighted by Crippen LogP contribution is -2.42. The molecule has 1 atom stereocenters. The predicted octanol–water partition coefficient (Wildman–Crippen LogP) is 7.38. The highest BCUT2D eigenvalue weighted by Crippen LogP contribution is 2.35. The van der Waals surface area contributed by atoms with Crippen LogP contribution in [0, 0.1) is 18.8 Å². The van der Waals surface area contributed by atoms with E-state index in [-0.39, 0.29) is 11.8 Å². The van der Waals surface area contributed by atoms with Crippen molar-refractivity contribution in [1.29, 1.82) is 0 Å². The highest BCUT2D eigenvalue weighted by molar-refractivity contribution is 5.98. The van der Waals surface area contributed by atoms with Gasteiger partial charge in [-0.05, 0) is 92.8 Å². The first-order chi connectivity index (χ1) is 18.6. The van der Waals surface area contributed by atoms with Crippen molar-refractivity contribution in [3.63, 3.8) is 0 Å². The first-order valence-corrected chi connectivity index (χ1v) is 15.2. The van der Waals surface area contributed by atoms with Gasteiger partial charge in [-0.2, -0.15) is 0 Å². The number of fused-ring (bicyclic) bond motifs is 2. The van der Waals surface area contributed by atoms with Crippen LogP contribution in [0.5, 0.6) is 5.75 Å². The molecule has 202 valence electrons. The molecule has 0 N–H and O–H groups in total. The Morgan fingerprint density at radius 3 is 2.42 bits per heavy atom. The van der Waals surface area contributed by atoms with Gasteiger partial charge in [0.2, 0.25) is 5.91 Å². The van der Waals surface area contributed by atoms with E-state index >= 15 is 0 Å². The number of carbonyl (C=O) groups excluding carboxylic acids is 1. The molecule has 1 aromatic heterocycles. The average Bonchev–Trinajstić information content (AvgIpc) is 3.51. The molecule has 0 spiro atoms. The lowest BCUT2D eigenvalue weighted by Gasteiger charge is -2.38. The number of carbonyl (C=O) groups is 1. The summed E-state index contributed by atoms with van der Waals surface area (Å²) in [5.41, 5.74) is 6.14. The van der Waals surface area contributed by atoms with Crippen LogP contribution in [-0.4, -0.2) is 41.6 Å². The Morgan fingerprint density at radius 2 is 1.68 bits per heavy atom. The number of hydrogen-bond acceptors (Lipinski definition) is 3. The number of aromatic nitrogens is 1. The molecule has 1 saturated carbocycles. The van der Waals surface area contributed by atoms with Crippen molar-refractivity contribution in [2.45, 2.75) is 90.0 Å². The van der Waals surface area contributed by atoms with E-state index in [1.54, 1.807) is 7.11 Å². The Hall–Kier alpha value is -2.59. The summed E-state index contributed by atoms with van der Waals surface area (Å²) >= 11 is 0. The summed E-state index contributed by atoms with van der Waals surface area (Å²) in [6.07, 6.45) is 15.3. The van der Waals surface area contributed by atoms with Crippen LogP contribution in [-0.2, 0) is 19.3 Å². The molecule has 2 fully saturated rings. The molecule has 38 heavy (non-hydrogen) atoms. The summed E-state index contributed by atoms with van der Waals surface area (Å²) in [4.78, 5) is 16.8. The number of rotatable bonds is 7. The first-order valence-electron chi connectivity index (χ1n) is 15.2. The van der Waals surface area contributed by atoms with Gasteiger partial charge < -0.3 is 9.64 Å². The van der Waals surface area contributed by atoms with E-state index in [4.69, 9.17) is 4.74 Å². The molecule has 3 aliphatic rings. The fraction of sp³-hybridized carbons (Fsp3) is 0.559. The zero-order valence-electron chi connectivity index (χ0n) is 23.4. The topological polar surface area (TPSA) is 34.5 Å². The Balaban J connectivity index is 1.25. The molecule has 0 bridgehead atoms. The van der Waals surface area contributed by atoms with Gasteiger partial charge >= 0.3 is 0 Å². The normalized spacial score (nSPS) is 21.2. The monoisotopic (exact) mass is 512 g/mol. The summed E-state index contributed by atoms with van der Waals surface area (Å²) in [7, 11) is 1.73. The maximum Gasteiger partial charge on any atom is 0.235 e. The van der Waals surface area contributed by atoms with Crippen LogP contribution in [0.1, 0.15) is 85.0 Å². The zero-order valence-corrected chi connectivity index (χ0v) is 23.4. The SMILES string of the molecule is COc1ccc2c(c1)c(CCN1CCCCC1CC1CCCCC1)c(C)n2C(=O)C1Cc2ccccc2C1. The van der Waals surface area contributed by atoms with Crippen LogP contribution >= 0.6 is 0 Å². The quantitative estimate of drug-likeness (QED) is 0.331. The van der Waals surface area contributed by atoms with Gasteiger partial charge in [-0.25, -0.2) is 0 Å². The number of hydrogen-bond donors (Lipinski definition) is 0. The van der Waals surface area contributed by atoms with Gasteiger partial charge in [0.1, 0.15) is 5.75 Å². The van der Waals surface area contributed by atoms with E-state index in [0.717, 1.165) is 54.7 Å². The Bertz CT molecular complexity index is 1260. The van der Waals surface area contributed by atoms with Gasteiger partial charge in [-0.1, -0.05) is 62.8 Å². The summed E-state index contributed by atoms with van der Waals surface area (Å²) in [6.45, 7) is 4.47. The molecule has 2 heterocycles. The minimum atomic E-state index is 0.0126. The zero-order chi connectivity index (χ0) is 26.1. The van der Waals surface area contributed by atoms with Gasteiger partial charge in [0.15, 0.2) is 0 Å². The fourth-order valence-corrected chi connectivity index (χ4v) is 7.79. The second-order valence-electron chi connectivity index (χ2n) is 12.2. The molecule has 1 aliphatic heterocycles. The summed E-state index contributed by atoms with van der Waals surface area (Å²) in [5, 5.41) is 1.19. The van der Waals surface area contributed by atoms with E-state index in [9.17, 15) is 4.79 Å². The second kappa shape index (κ2) is 11.3. The van der Waals surface area contributed by atoms with Crippen molar-refractivity contribution in [3.8, 4) is 5.75 Å². The predicted molar refractivity (Wildman–Crippen MR) is 155 cm³/mol. The number of likely N-dealkylation sites (tertiary alicyclic amines) is 1. The molecule has 2 aliphatic carbocycles. The van der Waals surface area contributed by atoms with Crippen molar-refractivity contribution in [1.82, 2.24) is 9.47 Å². The molecule has 4 nitrogen and oxygen atoms in total. The lowest BCUT2D eigenvalue weighted by molar-refractivity contribution is 0.0842. The van der Waals surface area contributed by atoms with Crippen LogP contribution < -0.4 is 4.74 Å². The molecular weight excluding hydrogens is 468 g/mol. The van der Waals surface area contributed by atoms with Crippen molar-refractivity contribution in [2.24, 2.45) is 11.8 Å². The van der Waals surface area contributed by atoms with Crippen molar-refractivity contribution < 1.29 is 9.53 Å². The lowest BCUT2D eigenvalue weighted by atomic mass is 9.82. The first kappa shape index (κ1) is 25.7. The maximum absolute atomic E-state index is 14.0. The molecular formula is C34H44N2O2. The molecule has 0 radical (unpaired) electrons. The van der Waals surface area contributed by atoms with E-state index in [1.165, 1.54) is 86.4 Å². The molecule has 3 aromatic rings. The number of benzene rings is 2. The summed E-state index contributed by atoms with van der Waals surface area (Å²) in [5.74, 6) is 2.05. The molecule has 1 saturated heterocycles. The highest BCUT2D eigenvalue weighted by atomic mass is 16.5. The number of methoxy groups -OCH3 is 1. The number of nitrogens with zero attached hydrogens (tertiary/aromatic N) is 2. The third-order valence-corrected chi connectivity index (χ3v) is 9.89. The van der Waals surface area contributed by atoms with Gasteiger partial charge in [-0.15, -0.1) is 0 Å². The summed E-state index contributed by atoms with van der Waals surface area (Å²) in [6, 6.07) is 15.5. The Labute approximate surface area is 228 Å². The summed E-state index contributed by atoms with van der Waals surface area (Å²) < 4.78 is 7.66. The van der Waals surface area contributed by atoms with Crippen LogP contribution in [0.4, 0.5) is 0 Å². The minimum absolute atomic E-state index is 0.0126. The number of piperidine rings is 1. The Kier molecular flexibility index (Phi) is 7.61. The van der Waals surface area contributed by atoms with Crippen LogP contribution in [0.25, 0.3) is 10.9 Å². The van der Waals surface area contributed by atoms with Crippen molar-refractivity contribution >= 4 is 16.8 Å². The fourth-order valence-electron chi connectivity index (χ4n) is 7.79.